The summed E-state index contributed by atoms with van der Waals surface area (Å²) < 4.78 is 16.8. The Morgan fingerprint density at radius 3 is 0.781 bits per heavy atom. The normalized spacial score (nSPS) is 12.0. The van der Waals surface area contributed by atoms with Crippen LogP contribution >= 0.6 is 0 Å². The first-order valence-electron chi connectivity index (χ1n) is 28.7. The summed E-state index contributed by atoms with van der Waals surface area (Å²) in [4.78, 5) is 38.0. The fourth-order valence-corrected chi connectivity index (χ4v) is 8.68. The molecule has 0 radical (unpaired) electrons. The van der Waals surface area contributed by atoms with E-state index in [-0.39, 0.29) is 31.1 Å². The molecule has 0 aromatic heterocycles. The molecule has 0 aromatic carbocycles. The quantitative estimate of drug-likeness (QED) is 0.0262. The lowest BCUT2D eigenvalue weighted by atomic mass is 10.0. The second kappa shape index (κ2) is 53.8. The molecule has 0 bridgehead atoms. The summed E-state index contributed by atoms with van der Waals surface area (Å²) in [6.07, 6.45) is 60.7. The number of allylic oxidation sites excluding steroid dienone is 2. The van der Waals surface area contributed by atoms with E-state index in [0.29, 0.717) is 19.3 Å². The highest BCUT2D eigenvalue weighted by Gasteiger charge is 2.19. The Morgan fingerprint density at radius 2 is 0.516 bits per heavy atom. The van der Waals surface area contributed by atoms with Gasteiger partial charge in [-0.05, 0) is 44.9 Å². The molecule has 378 valence electrons. The van der Waals surface area contributed by atoms with E-state index in [1.54, 1.807) is 0 Å². The number of carbonyl (C=O) groups excluding carboxylic acids is 3. The van der Waals surface area contributed by atoms with Gasteiger partial charge < -0.3 is 14.2 Å². The van der Waals surface area contributed by atoms with Crippen molar-refractivity contribution in [2.45, 2.75) is 329 Å². The van der Waals surface area contributed by atoms with E-state index in [1.165, 1.54) is 218 Å². The summed E-state index contributed by atoms with van der Waals surface area (Å²) in [6, 6.07) is 0. The Hall–Kier alpha value is -1.85. The molecule has 0 spiro atoms. The highest BCUT2D eigenvalue weighted by Crippen LogP contribution is 2.17. The van der Waals surface area contributed by atoms with E-state index in [4.69, 9.17) is 14.2 Å². The van der Waals surface area contributed by atoms with Crippen molar-refractivity contribution < 1.29 is 28.6 Å². The minimum absolute atomic E-state index is 0.0678. The summed E-state index contributed by atoms with van der Waals surface area (Å²) in [6.45, 7) is 6.67. The van der Waals surface area contributed by atoms with Crippen molar-refractivity contribution in [2.24, 2.45) is 0 Å². The lowest BCUT2D eigenvalue weighted by Crippen LogP contribution is -2.30. The Bertz CT molecular complexity index is 993. The maximum atomic E-state index is 12.8. The Labute approximate surface area is 399 Å². The molecule has 0 aliphatic rings. The molecule has 0 saturated heterocycles. The summed E-state index contributed by atoms with van der Waals surface area (Å²) in [5.41, 5.74) is 0. The lowest BCUT2D eigenvalue weighted by Gasteiger charge is -2.18. The van der Waals surface area contributed by atoms with Gasteiger partial charge in [0.1, 0.15) is 13.2 Å². The second-order valence-corrected chi connectivity index (χ2v) is 19.6. The largest absolute Gasteiger partial charge is 0.462 e. The van der Waals surface area contributed by atoms with Gasteiger partial charge in [0.05, 0.1) is 0 Å². The summed E-state index contributed by atoms with van der Waals surface area (Å²) in [5, 5.41) is 0. The van der Waals surface area contributed by atoms with Gasteiger partial charge in [0, 0.05) is 19.3 Å². The summed E-state index contributed by atoms with van der Waals surface area (Å²) in [7, 11) is 0. The van der Waals surface area contributed by atoms with Crippen LogP contribution in [0.25, 0.3) is 0 Å². The van der Waals surface area contributed by atoms with E-state index in [1.807, 2.05) is 0 Å². The van der Waals surface area contributed by atoms with Crippen LogP contribution in [0.4, 0.5) is 0 Å². The molecule has 6 heteroatoms. The molecule has 0 aliphatic carbocycles. The van der Waals surface area contributed by atoms with Crippen LogP contribution in [0.3, 0.4) is 0 Å². The zero-order valence-corrected chi connectivity index (χ0v) is 43.3. The molecule has 1 atom stereocenters. The number of rotatable bonds is 53. The average Bonchev–Trinajstić information content (AvgIpc) is 3.29. The molecule has 0 heterocycles. The molecule has 0 aromatic rings. The minimum atomic E-state index is -0.768. The van der Waals surface area contributed by atoms with Crippen molar-refractivity contribution in [3.63, 3.8) is 0 Å². The zero-order chi connectivity index (χ0) is 46.5. The Balaban J connectivity index is 4.23. The zero-order valence-electron chi connectivity index (χ0n) is 43.3. The Kier molecular flexibility index (Phi) is 52.2. The molecule has 0 rings (SSSR count). The van der Waals surface area contributed by atoms with Crippen LogP contribution < -0.4 is 0 Å². The van der Waals surface area contributed by atoms with Crippen molar-refractivity contribution >= 4 is 17.9 Å². The molecular weight excluding hydrogens is 793 g/mol. The van der Waals surface area contributed by atoms with Crippen molar-refractivity contribution in [1.29, 1.82) is 0 Å². The molecule has 6 nitrogen and oxygen atoms in total. The molecule has 64 heavy (non-hydrogen) atoms. The van der Waals surface area contributed by atoms with Gasteiger partial charge >= 0.3 is 17.9 Å². The first-order valence-corrected chi connectivity index (χ1v) is 28.7. The highest BCUT2D eigenvalue weighted by molar-refractivity contribution is 5.71. The second-order valence-electron chi connectivity index (χ2n) is 19.6. The first kappa shape index (κ1) is 62.1. The fourth-order valence-electron chi connectivity index (χ4n) is 8.68. The molecule has 0 amide bonds. The van der Waals surface area contributed by atoms with Gasteiger partial charge in [-0.1, -0.05) is 270 Å². The van der Waals surface area contributed by atoms with Crippen molar-refractivity contribution in [3.05, 3.63) is 12.2 Å². The smallest absolute Gasteiger partial charge is 0.306 e. The monoisotopic (exact) mass is 903 g/mol. The lowest BCUT2D eigenvalue weighted by molar-refractivity contribution is -0.167. The molecule has 1 unspecified atom stereocenters. The van der Waals surface area contributed by atoms with Crippen LogP contribution in [0.2, 0.25) is 0 Å². The van der Waals surface area contributed by atoms with Crippen LogP contribution in [0, 0.1) is 0 Å². The molecule has 0 N–H and O–H groups in total. The number of hydrogen-bond donors (Lipinski definition) is 0. The van der Waals surface area contributed by atoms with Gasteiger partial charge in [-0.3, -0.25) is 14.4 Å². The number of esters is 3. The Morgan fingerprint density at radius 1 is 0.297 bits per heavy atom. The van der Waals surface area contributed by atoms with Crippen LogP contribution in [-0.4, -0.2) is 37.2 Å². The van der Waals surface area contributed by atoms with Gasteiger partial charge in [0.2, 0.25) is 0 Å². The summed E-state index contributed by atoms with van der Waals surface area (Å²) in [5.74, 6) is -0.857. The molecule has 0 fully saturated rings. The first-order chi connectivity index (χ1) is 31.5. The minimum Gasteiger partial charge on any atom is -0.462 e. The predicted molar refractivity (Wildman–Crippen MR) is 275 cm³/mol. The van der Waals surface area contributed by atoms with E-state index >= 15 is 0 Å². The van der Waals surface area contributed by atoms with E-state index < -0.39 is 6.10 Å². The molecular formula is C58H110O6. The van der Waals surface area contributed by atoms with Crippen LogP contribution in [0.1, 0.15) is 323 Å². The maximum Gasteiger partial charge on any atom is 0.306 e. The van der Waals surface area contributed by atoms with Gasteiger partial charge in [0.15, 0.2) is 6.10 Å². The van der Waals surface area contributed by atoms with Crippen molar-refractivity contribution in [1.82, 2.24) is 0 Å². The third kappa shape index (κ3) is 51.1. The van der Waals surface area contributed by atoms with Crippen molar-refractivity contribution in [2.75, 3.05) is 13.2 Å². The van der Waals surface area contributed by atoms with Crippen molar-refractivity contribution in [3.8, 4) is 0 Å². The average molecular weight is 904 g/mol. The van der Waals surface area contributed by atoms with Crippen LogP contribution in [0.15, 0.2) is 12.2 Å². The summed E-state index contributed by atoms with van der Waals surface area (Å²) >= 11 is 0. The van der Waals surface area contributed by atoms with Gasteiger partial charge in [0.25, 0.3) is 0 Å². The predicted octanol–water partition coefficient (Wildman–Crippen LogP) is 18.9. The third-order valence-electron chi connectivity index (χ3n) is 13.0. The number of hydrogen-bond acceptors (Lipinski definition) is 6. The fraction of sp³-hybridized carbons (Fsp3) is 0.914. The van der Waals surface area contributed by atoms with E-state index in [2.05, 4.69) is 32.9 Å². The standard InChI is InChI=1S/C58H110O6/c1-4-7-10-13-16-19-21-23-25-27-29-31-32-34-36-39-42-45-48-51-57(60)63-54-55(53-62-56(59)50-47-44-41-38-18-15-12-9-6-3)64-58(61)52-49-46-43-40-37-35-33-30-28-26-24-22-20-17-14-11-8-5-2/h30,33,55H,4-29,31-32,34-54H2,1-3H3/b33-30-. The topological polar surface area (TPSA) is 78.9 Å². The van der Waals surface area contributed by atoms with E-state index in [0.717, 1.165) is 64.2 Å². The number of unbranched alkanes of at least 4 members (excludes halogenated alkanes) is 40. The van der Waals surface area contributed by atoms with Crippen LogP contribution in [-0.2, 0) is 28.6 Å². The number of carbonyl (C=O) groups is 3. The highest BCUT2D eigenvalue weighted by atomic mass is 16.6. The van der Waals surface area contributed by atoms with Gasteiger partial charge in [-0.2, -0.15) is 0 Å². The SMILES string of the molecule is CCCCCCCCCCC/C=C\CCCCCCCC(=O)OC(COC(=O)CCCCCCCCCCC)COC(=O)CCCCCCCCCCCCCCCCCCCCC. The third-order valence-corrected chi connectivity index (χ3v) is 13.0. The maximum absolute atomic E-state index is 12.8. The van der Waals surface area contributed by atoms with Gasteiger partial charge in [-0.25, -0.2) is 0 Å². The van der Waals surface area contributed by atoms with Crippen LogP contribution in [0.5, 0.6) is 0 Å². The van der Waals surface area contributed by atoms with Gasteiger partial charge in [-0.15, -0.1) is 0 Å². The molecule has 0 saturated carbocycles. The number of ether oxygens (including phenoxy) is 3. The molecule has 0 aliphatic heterocycles. The van der Waals surface area contributed by atoms with E-state index in [9.17, 15) is 14.4 Å².